The quantitative estimate of drug-likeness (QED) is 0.551. The number of aromatic nitrogens is 2. The molecule has 5 nitrogen and oxygen atoms in total. The van der Waals surface area contributed by atoms with Gasteiger partial charge in [0.2, 0.25) is 5.91 Å². The molecule has 7 heteroatoms. The van der Waals surface area contributed by atoms with E-state index in [9.17, 15) is 4.79 Å². The number of methoxy groups -OCH3 is 1. The molecule has 1 amide bonds. The van der Waals surface area contributed by atoms with Gasteiger partial charge in [0.1, 0.15) is 0 Å². The topological polar surface area (TPSA) is 56.1 Å². The molecule has 0 aliphatic rings. The zero-order valence-electron chi connectivity index (χ0n) is 13.0. The first-order valence-electron chi connectivity index (χ1n) is 7.37. The number of ether oxygens (including phenoxy) is 1. The molecule has 0 atom stereocenters. The first-order valence-corrected chi connectivity index (χ1v) is 8.73. The molecule has 0 unspecified atom stereocenters. The number of hydrogen-bond donors (Lipinski definition) is 1. The normalized spacial score (nSPS) is 10.7. The van der Waals surface area contributed by atoms with Crippen molar-refractivity contribution in [2.75, 3.05) is 24.8 Å². The summed E-state index contributed by atoms with van der Waals surface area (Å²) < 4.78 is 6.73. The summed E-state index contributed by atoms with van der Waals surface area (Å²) in [5.74, 6) is 0.898. The Morgan fingerprint density at radius 2 is 2.17 bits per heavy atom. The summed E-state index contributed by atoms with van der Waals surface area (Å²) >= 11 is 7.57. The number of carbonyl (C=O) groups excluding carboxylic acids is 1. The molecule has 23 heavy (non-hydrogen) atoms. The van der Waals surface area contributed by atoms with Gasteiger partial charge in [-0.1, -0.05) is 11.6 Å². The molecular weight excluding hydrogens is 334 g/mol. The van der Waals surface area contributed by atoms with Gasteiger partial charge in [-0.25, -0.2) is 0 Å². The van der Waals surface area contributed by atoms with Crippen molar-refractivity contribution < 1.29 is 9.53 Å². The van der Waals surface area contributed by atoms with Gasteiger partial charge in [-0.05, 0) is 36.4 Å². The lowest BCUT2D eigenvalue weighted by atomic mass is 10.3. The number of amides is 1. The molecule has 1 N–H and O–H groups in total. The Balaban J connectivity index is 1.64. The van der Waals surface area contributed by atoms with E-state index < -0.39 is 0 Å². The molecule has 1 heterocycles. The lowest BCUT2D eigenvalue weighted by molar-refractivity contribution is -0.116. The fraction of sp³-hybridized carbons (Fsp3) is 0.375. The second kappa shape index (κ2) is 9.60. The molecule has 0 saturated heterocycles. The summed E-state index contributed by atoms with van der Waals surface area (Å²) in [6.45, 7) is 1.26. The highest BCUT2D eigenvalue weighted by Gasteiger charge is 2.05. The predicted molar refractivity (Wildman–Crippen MR) is 94.1 cm³/mol. The minimum atomic E-state index is 0.00741. The zero-order chi connectivity index (χ0) is 16.5. The van der Waals surface area contributed by atoms with Gasteiger partial charge in [0.05, 0.1) is 25.0 Å². The van der Waals surface area contributed by atoms with Gasteiger partial charge >= 0.3 is 0 Å². The molecule has 0 fully saturated rings. The third-order valence-electron chi connectivity index (χ3n) is 3.07. The van der Waals surface area contributed by atoms with E-state index >= 15 is 0 Å². The van der Waals surface area contributed by atoms with E-state index in [0.717, 1.165) is 27.8 Å². The third kappa shape index (κ3) is 6.64. The zero-order valence-corrected chi connectivity index (χ0v) is 14.6. The number of halogens is 1. The number of anilines is 1. The number of carbonyl (C=O) groups is 1. The van der Waals surface area contributed by atoms with Gasteiger partial charge in [0.15, 0.2) is 0 Å². The maximum Gasteiger partial charge on any atom is 0.224 e. The first-order chi connectivity index (χ1) is 11.2. The number of nitrogens with one attached hydrogen (secondary N) is 1. The third-order valence-corrected chi connectivity index (χ3v) is 4.42. The Labute approximate surface area is 145 Å². The average Bonchev–Trinajstić information content (AvgIpc) is 2.98. The molecule has 0 aliphatic heterocycles. The van der Waals surface area contributed by atoms with Crippen molar-refractivity contribution in [1.29, 1.82) is 0 Å². The predicted octanol–water partition coefficient (Wildman–Crippen LogP) is 3.69. The van der Waals surface area contributed by atoms with Crippen LogP contribution in [0, 0.1) is 0 Å². The van der Waals surface area contributed by atoms with Crippen LogP contribution in [0.2, 0.25) is 5.02 Å². The number of benzene rings is 1. The van der Waals surface area contributed by atoms with E-state index in [0.29, 0.717) is 19.6 Å². The van der Waals surface area contributed by atoms with Crippen molar-refractivity contribution >= 4 is 35.0 Å². The van der Waals surface area contributed by atoms with Crippen molar-refractivity contribution in [3.05, 3.63) is 41.7 Å². The van der Waals surface area contributed by atoms with Crippen LogP contribution in [-0.4, -0.2) is 35.2 Å². The second-order valence-corrected chi connectivity index (χ2v) is 6.54. The van der Waals surface area contributed by atoms with Gasteiger partial charge in [0.25, 0.3) is 0 Å². The van der Waals surface area contributed by atoms with Crippen LogP contribution in [0.4, 0.5) is 5.69 Å². The van der Waals surface area contributed by atoms with E-state index in [1.807, 2.05) is 24.3 Å². The van der Waals surface area contributed by atoms with Crippen molar-refractivity contribution in [2.45, 2.75) is 24.3 Å². The number of thioether (sulfide) groups is 1. The smallest absolute Gasteiger partial charge is 0.224 e. The molecular formula is C16H20ClN3O2S. The molecule has 0 radical (unpaired) electrons. The minimum absolute atomic E-state index is 0.00741. The molecule has 2 aromatic rings. The average molecular weight is 354 g/mol. The Bertz CT molecular complexity index is 616. The molecule has 0 aliphatic carbocycles. The van der Waals surface area contributed by atoms with Crippen LogP contribution in [0.1, 0.15) is 12.8 Å². The van der Waals surface area contributed by atoms with Crippen molar-refractivity contribution in [3.8, 4) is 0 Å². The number of rotatable bonds is 9. The Hall–Kier alpha value is -1.50. The monoisotopic (exact) mass is 353 g/mol. The maximum absolute atomic E-state index is 11.9. The molecule has 0 bridgehead atoms. The van der Waals surface area contributed by atoms with E-state index in [4.69, 9.17) is 16.3 Å². The van der Waals surface area contributed by atoms with Crippen molar-refractivity contribution in [3.63, 3.8) is 0 Å². The fourth-order valence-corrected chi connectivity index (χ4v) is 2.89. The van der Waals surface area contributed by atoms with Crippen LogP contribution < -0.4 is 5.32 Å². The standard InChI is InChI=1S/C16H20ClN3O2S/c1-22-9-8-20-12-14(11-18-20)19-16(21)3-2-10-23-15-6-4-13(17)5-7-15/h4-7,11-12H,2-3,8-10H2,1H3,(H,19,21). The Morgan fingerprint density at radius 1 is 1.39 bits per heavy atom. The largest absolute Gasteiger partial charge is 0.383 e. The van der Waals surface area contributed by atoms with E-state index in [1.54, 1.807) is 35.9 Å². The second-order valence-electron chi connectivity index (χ2n) is 4.94. The van der Waals surface area contributed by atoms with Crippen LogP contribution in [-0.2, 0) is 16.1 Å². The number of hydrogen-bond acceptors (Lipinski definition) is 4. The van der Waals surface area contributed by atoms with Crippen molar-refractivity contribution in [1.82, 2.24) is 9.78 Å². The lowest BCUT2D eigenvalue weighted by Gasteiger charge is -2.03. The molecule has 124 valence electrons. The van der Waals surface area contributed by atoms with E-state index in [-0.39, 0.29) is 5.91 Å². The summed E-state index contributed by atoms with van der Waals surface area (Å²) in [4.78, 5) is 13.1. The summed E-state index contributed by atoms with van der Waals surface area (Å²) in [7, 11) is 1.65. The SMILES string of the molecule is COCCn1cc(NC(=O)CCCSc2ccc(Cl)cc2)cn1. The van der Waals surface area contributed by atoms with Crippen LogP contribution in [0.3, 0.4) is 0 Å². The lowest BCUT2D eigenvalue weighted by Crippen LogP contribution is -2.11. The Morgan fingerprint density at radius 3 is 2.91 bits per heavy atom. The maximum atomic E-state index is 11.9. The van der Waals surface area contributed by atoms with Gasteiger partial charge in [-0.3, -0.25) is 9.48 Å². The van der Waals surface area contributed by atoms with Crippen LogP contribution in [0.5, 0.6) is 0 Å². The molecule has 0 saturated carbocycles. The molecule has 1 aromatic carbocycles. The van der Waals surface area contributed by atoms with Crippen LogP contribution in [0.25, 0.3) is 0 Å². The van der Waals surface area contributed by atoms with Gasteiger partial charge in [-0.2, -0.15) is 5.10 Å². The fourth-order valence-electron chi connectivity index (χ4n) is 1.91. The molecule has 1 aromatic heterocycles. The minimum Gasteiger partial charge on any atom is -0.383 e. The summed E-state index contributed by atoms with van der Waals surface area (Å²) in [6.07, 6.45) is 4.76. The van der Waals surface area contributed by atoms with Gasteiger partial charge in [0, 0.05) is 29.6 Å². The number of nitrogens with zero attached hydrogens (tertiary/aromatic N) is 2. The van der Waals surface area contributed by atoms with Gasteiger partial charge < -0.3 is 10.1 Å². The highest BCUT2D eigenvalue weighted by Crippen LogP contribution is 2.21. The highest BCUT2D eigenvalue weighted by molar-refractivity contribution is 7.99. The summed E-state index contributed by atoms with van der Waals surface area (Å²) in [5, 5.41) is 7.75. The van der Waals surface area contributed by atoms with Crippen LogP contribution in [0.15, 0.2) is 41.6 Å². The van der Waals surface area contributed by atoms with Crippen LogP contribution >= 0.6 is 23.4 Å². The van der Waals surface area contributed by atoms with Crippen molar-refractivity contribution in [2.24, 2.45) is 0 Å². The highest BCUT2D eigenvalue weighted by atomic mass is 35.5. The summed E-state index contributed by atoms with van der Waals surface area (Å²) in [6, 6.07) is 7.72. The van der Waals surface area contributed by atoms with Gasteiger partial charge in [-0.15, -0.1) is 11.8 Å². The first kappa shape index (κ1) is 17.8. The van der Waals surface area contributed by atoms with E-state index in [2.05, 4.69) is 10.4 Å². The Kier molecular flexibility index (Phi) is 7.45. The molecule has 2 rings (SSSR count). The molecule has 0 spiro atoms. The van der Waals surface area contributed by atoms with E-state index in [1.165, 1.54) is 0 Å². The summed E-state index contributed by atoms with van der Waals surface area (Å²) in [5.41, 5.74) is 0.719.